The Morgan fingerprint density at radius 1 is 1.39 bits per heavy atom. The van der Waals surface area contributed by atoms with Crippen LogP contribution in [0.2, 0.25) is 5.02 Å². The molecule has 0 spiro atoms. The summed E-state index contributed by atoms with van der Waals surface area (Å²) in [5.74, 6) is 1.18. The van der Waals surface area contributed by atoms with Crippen molar-refractivity contribution in [1.82, 2.24) is 19.7 Å². The van der Waals surface area contributed by atoms with Gasteiger partial charge < -0.3 is 5.32 Å². The van der Waals surface area contributed by atoms with E-state index in [0.717, 1.165) is 24.4 Å². The molecule has 0 saturated heterocycles. The minimum Gasteiger partial charge on any atom is -0.354 e. The third-order valence-corrected chi connectivity index (χ3v) is 2.74. The normalized spacial score (nSPS) is 10.7. The van der Waals surface area contributed by atoms with Crippen molar-refractivity contribution in [3.63, 3.8) is 0 Å². The lowest BCUT2D eigenvalue weighted by atomic mass is 10.4. The molecule has 2 rings (SSSR count). The van der Waals surface area contributed by atoms with Crippen LogP contribution in [0, 0.1) is 13.8 Å². The lowest BCUT2D eigenvalue weighted by molar-refractivity contribution is 0.800. The maximum absolute atomic E-state index is 6.13. The summed E-state index contributed by atoms with van der Waals surface area (Å²) in [6, 6.07) is 1.98. The standard InChI is InChI=1S/C12H16ClN5/c1-4-5-14-12-15-7-10(13)11(16-12)18-9(3)6-8(2)17-18/h6-7H,4-5H2,1-3H3,(H,14,15,16). The van der Waals surface area contributed by atoms with Crippen LogP contribution in [0.25, 0.3) is 5.82 Å². The van der Waals surface area contributed by atoms with Gasteiger partial charge in [-0.05, 0) is 26.3 Å². The Hall–Kier alpha value is -1.62. The van der Waals surface area contributed by atoms with Gasteiger partial charge in [0.2, 0.25) is 5.95 Å². The summed E-state index contributed by atoms with van der Waals surface area (Å²) in [7, 11) is 0. The van der Waals surface area contributed by atoms with Crippen molar-refractivity contribution >= 4 is 17.5 Å². The zero-order valence-corrected chi connectivity index (χ0v) is 11.5. The monoisotopic (exact) mass is 265 g/mol. The minimum atomic E-state index is 0.489. The van der Waals surface area contributed by atoms with Crippen LogP contribution in [-0.4, -0.2) is 26.3 Å². The summed E-state index contributed by atoms with van der Waals surface area (Å²) in [6.07, 6.45) is 2.61. The molecule has 96 valence electrons. The molecular formula is C12H16ClN5. The van der Waals surface area contributed by atoms with E-state index in [1.807, 2.05) is 19.9 Å². The molecule has 5 nitrogen and oxygen atoms in total. The van der Waals surface area contributed by atoms with Gasteiger partial charge in [0.05, 0.1) is 11.9 Å². The van der Waals surface area contributed by atoms with Crippen molar-refractivity contribution in [2.45, 2.75) is 27.2 Å². The summed E-state index contributed by atoms with van der Waals surface area (Å²) >= 11 is 6.13. The van der Waals surface area contributed by atoms with Gasteiger partial charge in [-0.25, -0.2) is 9.67 Å². The van der Waals surface area contributed by atoms with Crippen LogP contribution < -0.4 is 5.32 Å². The average Bonchev–Trinajstić information content (AvgIpc) is 2.67. The largest absolute Gasteiger partial charge is 0.354 e. The Balaban J connectivity index is 2.40. The molecule has 0 bridgehead atoms. The summed E-state index contributed by atoms with van der Waals surface area (Å²) in [5, 5.41) is 8.00. The van der Waals surface area contributed by atoms with Gasteiger partial charge in [-0.3, -0.25) is 0 Å². The fourth-order valence-electron chi connectivity index (χ4n) is 1.67. The van der Waals surface area contributed by atoms with Gasteiger partial charge in [0, 0.05) is 12.2 Å². The van der Waals surface area contributed by atoms with E-state index < -0.39 is 0 Å². The number of nitrogens with one attached hydrogen (secondary N) is 1. The van der Waals surface area contributed by atoms with E-state index in [-0.39, 0.29) is 0 Å². The van der Waals surface area contributed by atoms with Gasteiger partial charge in [-0.2, -0.15) is 10.1 Å². The molecule has 0 aliphatic rings. The fourth-order valence-corrected chi connectivity index (χ4v) is 1.84. The van der Waals surface area contributed by atoms with Gasteiger partial charge in [0.25, 0.3) is 0 Å². The molecular weight excluding hydrogens is 250 g/mol. The number of anilines is 1. The summed E-state index contributed by atoms with van der Waals surface area (Å²) in [4.78, 5) is 8.54. The lowest BCUT2D eigenvalue weighted by Gasteiger charge is -2.08. The van der Waals surface area contributed by atoms with Gasteiger partial charge in [-0.15, -0.1) is 0 Å². The quantitative estimate of drug-likeness (QED) is 0.924. The molecule has 0 radical (unpaired) electrons. The molecule has 18 heavy (non-hydrogen) atoms. The summed E-state index contributed by atoms with van der Waals surface area (Å²) in [5.41, 5.74) is 1.93. The molecule has 6 heteroatoms. The van der Waals surface area contributed by atoms with Crippen molar-refractivity contribution < 1.29 is 0 Å². The third kappa shape index (κ3) is 2.61. The highest BCUT2D eigenvalue weighted by atomic mass is 35.5. The Morgan fingerprint density at radius 3 is 2.78 bits per heavy atom. The highest BCUT2D eigenvalue weighted by Gasteiger charge is 2.11. The number of hydrogen-bond donors (Lipinski definition) is 1. The Morgan fingerprint density at radius 2 is 2.17 bits per heavy atom. The van der Waals surface area contributed by atoms with E-state index in [1.54, 1.807) is 10.9 Å². The molecule has 0 amide bonds. The lowest BCUT2D eigenvalue weighted by Crippen LogP contribution is -2.09. The van der Waals surface area contributed by atoms with Gasteiger partial charge in [0.15, 0.2) is 5.82 Å². The van der Waals surface area contributed by atoms with Crippen LogP contribution in [0.1, 0.15) is 24.7 Å². The number of aromatic nitrogens is 4. The van der Waals surface area contributed by atoms with Crippen molar-refractivity contribution in [2.75, 3.05) is 11.9 Å². The first-order valence-corrected chi connectivity index (χ1v) is 6.29. The maximum atomic E-state index is 6.13. The van der Waals surface area contributed by atoms with Crippen LogP contribution in [0.15, 0.2) is 12.3 Å². The molecule has 0 aliphatic heterocycles. The molecule has 0 aliphatic carbocycles. The molecule has 0 unspecified atom stereocenters. The first-order valence-electron chi connectivity index (χ1n) is 5.92. The number of aryl methyl sites for hydroxylation is 2. The SMILES string of the molecule is CCCNc1ncc(Cl)c(-n2nc(C)cc2C)n1. The highest BCUT2D eigenvalue weighted by Crippen LogP contribution is 2.20. The number of nitrogens with zero attached hydrogens (tertiary/aromatic N) is 4. The van der Waals surface area contributed by atoms with Crippen LogP contribution in [0.3, 0.4) is 0 Å². The van der Waals surface area contributed by atoms with Crippen LogP contribution in [0.5, 0.6) is 0 Å². The molecule has 0 aromatic carbocycles. The summed E-state index contributed by atoms with van der Waals surface area (Å²) in [6.45, 7) is 6.83. The minimum absolute atomic E-state index is 0.489. The van der Waals surface area contributed by atoms with E-state index in [0.29, 0.717) is 16.8 Å². The van der Waals surface area contributed by atoms with Crippen molar-refractivity contribution in [3.05, 3.63) is 28.7 Å². The second-order valence-electron chi connectivity index (χ2n) is 4.13. The van der Waals surface area contributed by atoms with Crippen LogP contribution >= 0.6 is 11.6 Å². The zero-order valence-electron chi connectivity index (χ0n) is 10.7. The van der Waals surface area contributed by atoms with E-state index in [2.05, 4.69) is 27.3 Å². The third-order valence-electron chi connectivity index (χ3n) is 2.47. The first-order chi connectivity index (χ1) is 8.61. The zero-order chi connectivity index (χ0) is 13.1. The van der Waals surface area contributed by atoms with Crippen LogP contribution in [0.4, 0.5) is 5.95 Å². The topological polar surface area (TPSA) is 55.6 Å². The van der Waals surface area contributed by atoms with Crippen molar-refractivity contribution in [2.24, 2.45) is 0 Å². The fraction of sp³-hybridized carbons (Fsp3) is 0.417. The van der Waals surface area contributed by atoms with Gasteiger partial charge in [0.1, 0.15) is 5.02 Å². The van der Waals surface area contributed by atoms with Gasteiger partial charge in [-0.1, -0.05) is 18.5 Å². The highest BCUT2D eigenvalue weighted by molar-refractivity contribution is 6.32. The Labute approximate surface area is 111 Å². The molecule has 2 aromatic rings. The predicted molar refractivity (Wildman–Crippen MR) is 72.4 cm³/mol. The Bertz CT molecular complexity index is 549. The second kappa shape index (κ2) is 5.35. The smallest absolute Gasteiger partial charge is 0.224 e. The summed E-state index contributed by atoms with van der Waals surface area (Å²) < 4.78 is 1.73. The van der Waals surface area contributed by atoms with E-state index in [9.17, 15) is 0 Å². The average molecular weight is 266 g/mol. The first kappa shape index (κ1) is 12.8. The molecule has 2 aromatic heterocycles. The predicted octanol–water partition coefficient (Wildman–Crippen LogP) is 2.75. The Kier molecular flexibility index (Phi) is 3.81. The molecule has 0 atom stereocenters. The van der Waals surface area contributed by atoms with E-state index >= 15 is 0 Å². The van der Waals surface area contributed by atoms with Crippen LogP contribution in [-0.2, 0) is 0 Å². The number of halogens is 1. The number of rotatable bonds is 4. The van der Waals surface area contributed by atoms with E-state index in [4.69, 9.17) is 11.6 Å². The van der Waals surface area contributed by atoms with E-state index in [1.165, 1.54) is 0 Å². The van der Waals surface area contributed by atoms with Crippen molar-refractivity contribution in [1.29, 1.82) is 0 Å². The molecule has 1 N–H and O–H groups in total. The maximum Gasteiger partial charge on any atom is 0.224 e. The number of hydrogen-bond acceptors (Lipinski definition) is 4. The molecule has 0 fully saturated rings. The molecule has 0 saturated carbocycles. The van der Waals surface area contributed by atoms with Gasteiger partial charge >= 0.3 is 0 Å². The van der Waals surface area contributed by atoms with Crippen molar-refractivity contribution in [3.8, 4) is 5.82 Å². The molecule has 2 heterocycles. The second-order valence-corrected chi connectivity index (χ2v) is 4.54.